The molecule has 0 N–H and O–H groups in total. The van der Waals surface area contributed by atoms with Crippen LogP contribution in [-0.4, -0.2) is 62.7 Å². The zero-order valence-corrected chi connectivity index (χ0v) is 12.7. The first-order valence-electron chi connectivity index (χ1n) is 6.93. The van der Waals surface area contributed by atoms with E-state index in [4.69, 9.17) is 4.74 Å². The highest BCUT2D eigenvalue weighted by atomic mass is 16.6. The molecule has 120 valence electrons. The van der Waals surface area contributed by atoms with Crippen LogP contribution in [0.15, 0.2) is 18.2 Å². The number of hydrogen-bond donors (Lipinski definition) is 0. The fourth-order valence-electron chi connectivity index (χ4n) is 2.24. The summed E-state index contributed by atoms with van der Waals surface area (Å²) in [7, 11) is 3.31. The van der Waals surface area contributed by atoms with E-state index in [-0.39, 0.29) is 12.3 Å². The van der Waals surface area contributed by atoms with Gasteiger partial charge in [-0.05, 0) is 13.1 Å². The number of carbonyl (C=O) groups excluding carboxylic acids is 1. The Morgan fingerprint density at radius 1 is 1.32 bits per heavy atom. The summed E-state index contributed by atoms with van der Waals surface area (Å²) in [4.78, 5) is 26.0. The van der Waals surface area contributed by atoms with Gasteiger partial charge in [0.1, 0.15) is 5.75 Å². The summed E-state index contributed by atoms with van der Waals surface area (Å²) in [6.07, 6.45) is 0. The molecule has 8 nitrogen and oxygen atoms in total. The maximum atomic E-state index is 11.2. The second-order valence-electron chi connectivity index (χ2n) is 5.06. The van der Waals surface area contributed by atoms with Crippen LogP contribution in [0.5, 0.6) is 5.75 Å². The molecule has 0 spiro atoms. The van der Waals surface area contributed by atoms with Crippen molar-refractivity contribution in [3.63, 3.8) is 0 Å². The largest absolute Gasteiger partial charge is 0.479 e. The van der Waals surface area contributed by atoms with Crippen molar-refractivity contribution in [3.8, 4) is 5.75 Å². The number of hydrogen-bond acceptors (Lipinski definition) is 7. The molecule has 0 bridgehead atoms. The molecule has 1 aromatic carbocycles. The van der Waals surface area contributed by atoms with Gasteiger partial charge in [-0.25, -0.2) is 4.79 Å². The molecule has 1 heterocycles. The Bertz CT molecular complexity index is 555. The van der Waals surface area contributed by atoms with Gasteiger partial charge in [-0.1, -0.05) is 0 Å². The third-order valence-electron chi connectivity index (χ3n) is 3.57. The maximum absolute atomic E-state index is 11.2. The van der Waals surface area contributed by atoms with Crippen molar-refractivity contribution in [1.29, 1.82) is 0 Å². The fourth-order valence-corrected chi connectivity index (χ4v) is 2.24. The summed E-state index contributed by atoms with van der Waals surface area (Å²) in [5, 5.41) is 10.9. The van der Waals surface area contributed by atoms with E-state index in [2.05, 4.69) is 14.5 Å². The first-order valence-corrected chi connectivity index (χ1v) is 6.93. The number of nitro benzene ring substituents is 1. The van der Waals surface area contributed by atoms with Crippen molar-refractivity contribution in [3.05, 3.63) is 28.3 Å². The lowest BCUT2D eigenvalue weighted by Crippen LogP contribution is -2.44. The molecule has 0 unspecified atom stereocenters. The van der Waals surface area contributed by atoms with Crippen molar-refractivity contribution in [1.82, 2.24) is 4.90 Å². The molecule has 1 aliphatic heterocycles. The molecule has 0 radical (unpaired) electrons. The summed E-state index contributed by atoms with van der Waals surface area (Å²) >= 11 is 0. The van der Waals surface area contributed by atoms with Crippen LogP contribution < -0.4 is 9.64 Å². The summed E-state index contributed by atoms with van der Waals surface area (Å²) in [6.45, 7) is 3.10. The first kappa shape index (κ1) is 16.0. The SMILES string of the molecule is COC(=O)COc1cc([N+](=O)[O-])ccc1N1CCN(C)CC1. The topological polar surface area (TPSA) is 85.1 Å². The molecular formula is C14H19N3O5. The minimum absolute atomic E-state index is 0.0715. The highest BCUT2D eigenvalue weighted by Gasteiger charge is 2.20. The number of non-ortho nitro benzene ring substituents is 1. The molecule has 1 fully saturated rings. The number of carbonyl (C=O) groups is 1. The molecule has 0 aromatic heterocycles. The molecule has 1 saturated heterocycles. The van der Waals surface area contributed by atoms with Gasteiger partial charge in [-0.2, -0.15) is 0 Å². The first-order chi connectivity index (χ1) is 10.5. The number of ether oxygens (including phenoxy) is 2. The molecule has 8 heteroatoms. The fraction of sp³-hybridized carbons (Fsp3) is 0.500. The average Bonchev–Trinajstić information content (AvgIpc) is 2.53. The molecule has 2 rings (SSSR count). The van der Waals surface area contributed by atoms with E-state index in [1.54, 1.807) is 6.07 Å². The van der Waals surface area contributed by atoms with Crippen molar-refractivity contribution in [2.24, 2.45) is 0 Å². The van der Waals surface area contributed by atoms with Gasteiger partial charge in [0.2, 0.25) is 0 Å². The Balaban J connectivity index is 2.22. The summed E-state index contributed by atoms with van der Waals surface area (Å²) in [6, 6.07) is 4.45. The van der Waals surface area contributed by atoms with Gasteiger partial charge < -0.3 is 19.3 Å². The molecule has 0 amide bonds. The minimum Gasteiger partial charge on any atom is -0.479 e. The monoisotopic (exact) mass is 309 g/mol. The maximum Gasteiger partial charge on any atom is 0.343 e. The quantitative estimate of drug-likeness (QED) is 0.454. The normalized spacial score (nSPS) is 15.5. The second-order valence-corrected chi connectivity index (χ2v) is 5.06. The van der Waals surface area contributed by atoms with Crippen molar-refractivity contribution in [2.45, 2.75) is 0 Å². The molecule has 0 saturated carbocycles. The molecule has 0 atom stereocenters. The van der Waals surface area contributed by atoms with Gasteiger partial charge in [-0.3, -0.25) is 10.1 Å². The Kier molecular flexibility index (Phi) is 5.16. The minimum atomic E-state index is -0.532. The Morgan fingerprint density at radius 2 is 2.00 bits per heavy atom. The van der Waals surface area contributed by atoms with E-state index in [0.29, 0.717) is 5.75 Å². The van der Waals surface area contributed by atoms with E-state index in [0.717, 1.165) is 31.9 Å². The third-order valence-corrected chi connectivity index (χ3v) is 3.57. The number of likely N-dealkylation sites (N-methyl/N-ethyl adjacent to an activating group) is 1. The zero-order chi connectivity index (χ0) is 16.1. The van der Waals surface area contributed by atoms with Crippen LogP contribution in [0.2, 0.25) is 0 Å². The van der Waals surface area contributed by atoms with Crippen molar-refractivity contribution < 1.29 is 19.2 Å². The van der Waals surface area contributed by atoms with Crippen LogP contribution in [0.4, 0.5) is 11.4 Å². The summed E-state index contributed by atoms with van der Waals surface area (Å²) in [5.74, 6) is -0.208. The van der Waals surface area contributed by atoms with Crippen LogP contribution in [0, 0.1) is 10.1 Å². The van der Waals surface area contributed by atoms with Crippen molar-refractivity contribution >= 4 is 17.3 Å². The number of methoxy groups -OCH3 is 1. The highest BCUT2D eigenvalue weighted by molar-refractivity contribution is 5.72. The molecule has 22 heavy (non-hydrogen) atoms. The Hall–Kier alpha value is -2.35. The standard InChI is InChI=1S/C14H19N3O5/c1-15-5-7-16(8-6-15)12-4-3-11(17(19)20)9-13(12)22-10-14(18)21-2/h3-4,9H,5-8,10H2,1-2H3. The van der Waals surface area contributed by atoms with E-state index in [9.17, 15) is 14.9 Å². The van der Waals surface area contributed by atoms with Gasteiger partial charge in [0.25, 0.3) is 5.69 Å². The smallest absolute Gasteiger partial charge is 0.343 e. The molecule has 1 aliphatic rings. The third kappa shape index (κ3) is 3.85. The predicted molar refractivity (Wildman–Crippen MR) is 80.3 cm³/mol. The van der Waals surface area contributed by atoms with Gasteiger partial charge in [-0.15, -0.1) is 0 Å². The summed E-state index contributed by atoms with van der Waals surface area (Å²) in [5.41, 5.74) is 0.681. The van der Waals surface area contributed by atoms with Gasteiger partial charge in [0.05, 0.1) is 23.8 Å². The Morgan fingerprint density at radius 3 is 2.59 bits per heavy atom. The summed E-state index contributed by atoms with van der Waals surface area (Å²) < 4.78 is 9.96. The van der Waals surface area contributed by atoms with E-state index >= 15 is 0 Å². The predicted octanol–water partition coefficient (Wildman–Crippen LogP) is 0.898. The number of anilines is 1. The second kappa shape index (κ2) is 7.08. The lowest BCUT2D eigenvalue weighted by atomic mass is 10.2. The molecular weight excluding hydrogens is 290 g/mol. The lowest BCUT2D eigenvalue weighted by molar-refractivity contribution is -0.384. The van der Waals surface area contributed by atoms with E-state index in [1.807, 2.05) is 7.05 Å². The van der Waals surface area contributed by atoms with Crippen LogP contribution in [0.1, 0.15) is 0 Å². The van der Waals surface area contributed by atoms with Gasteiger partial charge >= 0.3 is 5.97 Å². The number of nitro groups is 1. The number of benzene rings is 1. The van der Waals surface area contributed by atoms with Crippen LogP contribution >= 0.6 is 0 Å². The Labute approximate surface area is 128 Å². The van der Waals surface area contributed by atoms with E-state index in [1.165, 1.54) is 19.2 Å². The lowest BCUT2D eigenvalue weighted by Gasteiger charge is -2.34. The van der Waals surface area contributed by atoms with E-state index < -0.39 is 10.9 Å². The number of rotatable bonds is 5. The number of piperazine rings is 1. The van der Waals surface area contributed by atoms with Crippen LogP contribution in [0.25, 0.3) is 0 Å². The van der Waals surface area contributed by atoms with Crippen molar-refractivity contribution in [2.75, 3.05) is 51.8 Å². The average molecular weight is 309 g/mol. The molecule has 1 aromatic rings. The number of esters is 1. The zero-order valence-electron chi connectivity index (χ0n) is 12.7. The van der Waals surface area contributed by atoms with Gasteiger partial charge in [0, 0.05) is 32.2 Å². The van der Waals surface area contributed by atoms with Crippen LogP contribution in [0.3, 0.4) is 0 Å². The number of nitrogens with zero attached hydrogens (tertiary/aromatic N) is 3. The highest BCUT2D eigenvalue weighted by Crippen LogP contribution is 2.33. The van der Waals surface area contributed by atoms with Crippen LogP contribution in [-0.2, 0) is 9.53 Å². The van der Waals surface area contributed by atoms with Gasteiger partial charge in [0.15, 0.2) is 6.61 Å². The molecule has 0 aliphatic carbocycles.